The fourth-order valence-electron chi connectivity index (χ4n) is 2.57. The van der Waals surface area contributed by atoms with Crippen LogP contribution in [-0.4, -0.2) is 12.5 Å². The van der Waals surface area contributed by atoms with Crippen molar-refractivity contribution >= 4 is 23.2 Å². The molecule has 0 spiro atoms. The molecular weight excluding hydrogens is 296 g/mol. The van der Waals surface area contributed by atoms with Crippen molar-refractivity contribution in [3.8, 4) is 0 Å². The summed E-state index contributed by atoms with van der Waals surface area (Å²) in [6.45, 7) is 0.222. The number of hydrogen-bond acceptors (Lipinski definition) is 2. The van der Waals surface area contributed by atoms with Gasteiger partial charge in [-0.25, -0.2) is 0 Å². The van der Waals surface area contributed by atoms with Gasteiger partial charge >= 0.3 is 0 Å². The van der Waals surface area contributed by atoms with Gasteiger partial charge in [0.15, 0.2) is 0 Å². The number of anilines is 1. The molecule has 0 saturated heterocycles. The summed E-state index contributed by atoms with van der Waals surface area (Å²) < 4.78 is 0. The average Bonchev–Trinajstić information content (AvgIpc) is 3.37. The number of halogens is 1. The summed E-state index contributed by atoms with van der Waals surface area (Å²) in [7, 11) is 0. The van der Waals surface area contributed by atoms with E-state index >= 15 is 0 Å². The molecule has 2 aromatic rings. The highest BCUT2D eigenvalue weighted by molar-refractivity contribution is 6.33. The second kappa shape index (κ2) is 6.84. The Morgan fingerprint density at radius 2 is 1.77 bits per heavy atom. The summed E-state index contributed by atoms with van der Waals surface area (Å²) in [6.07, 6.45) is 2.36. The highest BCUT2D eigenvalue weighted by atomic mass is 35.5. The van der Waals surface area contributed by atoms with E-state index < -0.39 is 0 Å². The topological polar surface area (TPSA) is 41.1 Å². The highest BCUT2D eigenvalue weighted by Gasteiger charge is 2.33. The quantitative estimate of drug-likeness (QED) is 0.845. The molecule has 0 aromatic heterocycles. The van der Waals surface area contributed by atoms with Gasteiger partial charge in [0.05, 0.1) is 23.3 Å². The number of benzene rings is 2. The van der Waals surface area contributed by atoms with Gasteiger partial charge in [-0.1, -0.05) is 54.1 Å². The zero-order valence-electron chi connectivity index (χ0n) is 12.3. The molecule has 4 heteroatoms. The molecule has 1 amide bonds. The van der Waals surface area contributed by atoms with Gasteiger partial charge in [-0.15, -0.1) is 0 Å². The number of rotatable bonds is 6. The molecule has 0 aliphatic heterocycles. The van der Waals surface area contributed by atoms with E-state index in [1.807, 2.05) is 36.4 Å². The van der Waals surface area contributed by atoms with Crippen LogP contribution in [0.1, 0.15) is 24.4 Å². The first-order chi connectivity index (χ1) is 10.7. The van der Waals surface area contributed by atoms with Crippen molar-refractivity contribution in [2.24, 2.45) is 5.92 Å². The van der Waals surface area contributed by atoms with Gasteiger partial charge in [-0.05, 0) is 36.5 Å². The average molecular weight is 315 g/mol. The summed E-state index contributed by atoms with van der Waals surface area (Å²) >= 11 is 6.08. The molecule has 0 bridgehead atoms. The van der Waals surface area contributed by atoms with Crippen LogP contribution in [0.2, 0.25) is 5.02 Å². The van der Waals surface area contributed by atoms with Crippen LogP contribution in [0.15, 0.2) is 54.6 Å². The van der Waals surface area contributed by atoms with E-state index in [-0.39, 0.29) is 18.5 Å². The van der Waals surface area contributed by atoms with E-state index in [9.17, 15) is 4.79 Å². The molecule has 1 saturated carbocycles. The van der Waals surface area contributed by atoms with Crippen LogP contribution in [0, 0.1) is 5.92 Å². The Bertz CT molecular complexity index is 641. The molecule has 2 aromatic carbocycles. The Balaban J connectivity index is 1.59. The minimum absolute atomic E-state index is 0.0133. The Kier molecular flexibility index (Phi) is 4.64. The molecule has 3 nitrogen and oxygen atoms in total. The Morgan fingerprint density at radius 1 is 1.09 bits per heavy atom. The number of carbonyl (C=O) groups excluding carboxylic acids is 1. The van der Waals surface area contributed by atoms with Crippen molar-refractivity contribution in [2.75, 3.05) is 11.9 Å². The lowest BCUT2D eigenvalue weighted by Gasteiger charge is -2.19. The van der Waals surface area contributed by atoms with E-state index in [1.165, 1.54) is 18.4 Å². The fourth-order valence-corrected chi connectivity index (χ4v) is 2.77. The van der Waals surface area contributed by atoms with Gasteiger partial charge in [0.2, 0.25) is 5.91 Å². The maximum atomic E-state index is 12.2. The van der Waals surface area contributed by atoms with Gasteiger partial charge in [0, 0.05) is 0 Å². The van der Waals surface area contributed by atoms with Gasteiger partial charge < -0.3 is 10.6 Å². The smallest absolute Gasteiger partial charge is 0.239 e. The van der Waals surface area contributed by atoms with E-state index in [0.717, 1.165) is 5.69 Å². The lowest BCUT2D eigenvalue weighted by atomic mass is 10.0. The van der Waals surface area contributed by atoms with Crippen molar-refractivity contribution in [1.82, 2.24) is 5.32 Å². The molecule has 1 atom stereocenters. The minimum Gasteiger partial charge on any atom is -0.375 e. The number of nitrogens with one attached hydrogen (secondary N) is 2. The number of para-hydroxylation sites is 1. The number of carbonyl (C=O) groups is 1. The first-order valence-electron chi connectivity index (χ1n) is 7.57. The van der Waals surface area contributed by atoms with Crippen LogP contribution >= 0.6 is 11.6 Å². The van der Waals surface area contributed by atoms with Crippen LogP contribution in [0.5, 0.6) is 0 Å². The summed E-state index contributed by atoms with van der Waals surface area (Å²) in [5, 5.41) is 6.85. The fraction of sp³-hybridized carbons (Fsp3) is 0.278. The molecular formula is C18H19ClN2O. The summed E-state index contributed by atoms with van der Waals surface area (Å²) in [5.74, 6) is 0.548. The normalized spacial score (nSPS) is 15.1. The number of amides is 1. The monoisotopic (exact) mass is 314 g/mol. The van der Waals surface area contributed by atoms with Crippen molar-refractivity contribution in [3.05, 3.63) is 65.2 Å². The molecule has 0 heterocycles. The van der Waals surface area contributed by atoms with E-state index in [4.69, 9.17) is 11.6 Å². The summed E-state index contributed by atoms with van der Waals surface area (Å²) in [5.41, 5.74) is 1.96. The molecule has 3 rings (SSSR count). The molecule has 2 N–H and O–H groups in total. The van der Waals surface area contributed by atoms with Gasteiger partial charge in [-0.2, -0.15) is 0 Å². The van der Waals surface area contributed by atoms with Crippen molar-refractivity contribution in [1.29, 1.82) is 0 Å². The third-order valence-corrected chi connectivity index (χ3v) is 4.21. The molecule has 114 valence electrons. The summed E-state index contributed by atoms with van der Waals surface area (Å²) in [6, 6.07) is 17.7. The first kappa shape index (κ1) is 14.9. The second-order valence-electron chi connectivity index (χ2n) is 5.63. The Labute approximate surface area is 135 Å². The molecule has 1 fully saturated rings. The molecule has 1 unspecified atom stereocenters. The Hall–Kier alpha value is -2.00. The molecule has 1 aliphatic carbocycles. The largest absolute Gasteiger partial charge is 0.375 e. The van der Waals surface area contributed by atoms with Crippen molar-refractivity contribution in [2.45, 2.75) is 18.9 Å². The van der Waals surface area contributed by atoms with Crippen LogP contribution in [0.4, 0.5) is 5.69 Å². The zero-order chi connectivity index (χ0) is 15.4. The van der Waals surface area contributed by atoms with Crippen molar-refractivity contribution in [3.63, 3.8) is 0 Å². The predicted octanol–water partition coefficient (Wildman–Crippen LogP) is 4.02. The van der Waals surface area contributed by atoms with Crippen molar-refractivity contribution < 1.29 is 4.79 Å². The lowest BCUT2D eigenvalue weighted by Crippen LogP contribution is -2.34. The zero-order valence-corrected chi connectivity index (χ0v) is 13.0. The van der Waals surface area contributed by atoms with Gasteiger partial charge in [-0.3, -0.25) is 4.79 Å². The van der Waals surface area contributed by atoms with E-state index in [2.05, 4.69) is 22.8 Å². The molecule has 1 aliphatic rings. The summed E-state index contributed by atoms with van der Waals surface area (Å²) in [4.78, 5) is 12.2. The third kappa shape index (κ3) is 3.80. The SMILES string of the molecule is O=C(CNc1ccccc1Cl)NC(c1ccccc1)C1CC1. The molecule has 0 radical (unpaired) electrons. The maximum Gasteiger partial charge on any atom is 0.239 e. The second-order valence-corrected chi connectivity index (χ2v) is 6.03. The number of hydrogen-bond donors (Lipinski definition) is 2. The molecule has 22 heavy (non-hydrogen) atoms. The van der Waals surface area contributed by atoms with Crippen LogP contribution < -0.4 is 10.6 Å². The predicted molar refractivity (Wildman–Crippen MR) is 90.0 cm³/mol. The van der Waals surface area contributed by atoms with Crippen LogP contribution in [0.3, 0.4) is 0 Å². The lowest BCUT2D eigenvalue weighted by molar-refractivity contribution is -0.120. The van der Waals surface area contributed by atoms with E-state index in [0.29, 0.717) is 10.9 Å². The first-order valence-corrected chi connectivity index (χ1v) is 7.94. The highest BCUT2D eigenvalue weighted by Crippen LogP contribution is 2.40. The Morgan fingerprint density at radius 3 is 2.45 bits per heavy atom. The van der Waals surface area contributed by atoms with Crippen LogP contribution in [0.25, 0.3) is 0 Å². The third-order valence-electron chi connectivity index (χ3n) is 3.88. The maximum absolute atomic E-state index is 12.2. The van der Waals surface area contributed by atoms with Gasteiger partial charge in [0.1, 0.15) is 0 Å². The minimum atomic E-state index is -0.0133. The standard InChI is InChI=1S/C18H19ClN2O/c19-15-8-4-5-9-16(15)20-12-17(22)21-18(14-10-11-14)13-6-2-1-3-7-13/h1-9,14,18,20H,10-12H2,(H,21,22). The van der Waals surface area contributed by atoms with E-state index in [1.54, 1.807) is 6.07 Å². The van der Waals surface area contributed by atoms with Gasteiger partial charge in [0.25, 0.3) is 0 Å². The van der Waals surface area contributed by atoms with Crippen LogP contribution in [-0.2, 0) is 4.79 Å².